The minimum Gasteiger partial charge on any atom is -0.383 e. The number of likely N-dealkylation sites (tertiary alicyclic amines) is 1. The Morgan fingerprint density at radius 3 is 2.56 bits per heavy atom. The van der Waals surface area contributed by atoms with Crippen LogP contribution in [0, 0.1) is 5.82 Å². The average Bonchev–Trinajstić information content (AvgIpc) is 3.37. The Labute approximate surface area is 236 Å². The van der Waals surface area contributed by atoms with Crippen LogP contribution in [0.25, 0.3) is 22.2 Å². The van der Waals surface area contributed by atoms with Crippen molar-refractivity contribution in [2.45, 2.75) is 25.4 Å². The number of carbonyl (C=O) groups excluding carboxylic acids is 1. The maximum atomic E-state index is 14.1. The summed E-state index contributed by atoms with van der Waals surface area (Å²) in [4.78, 5) is 37.2. The first-order chi connectivity index (χ1) is 19.9. The molecule has 1 aliphatic heterocycles. The molecule has 2 aromatic carbocycles. The summed E-state index contributed by atoms with van der Waals surface area (Å²) in [5.41, 5.74) is 9.34. The van der Waals surface area contributed by atoms with Gasteiger partial charge in [-0.15, -0.1) is 0 Å². The largest absolute Gasteiger partial charge is 0.383 e. The molecule has 5 aromatic rings. The van der Waals surface area contributed by atoms with Crippen molar-refractivity contribution < 1.29 is 9.18 Å². The lowest BCUT2D eigenvalue weighted by molar-refractivity contribution is 0.102. The first-order valence-electron chi connectivity index (χ1n) is 13.5. The molecule has 3 aromatic heterocycles. The van der Waals surface area contributed by atoms with Crippen molar-refractivity contribution in [3.63, 3.8) is 0 Å². The highest BCUT2D eigenvalue weighted by Gasteiger charge is 2.23. The molecule has 0 unspecified atom stereocenters. The number of benzene rings is 2. The molecular weight excluding hydrogens is 521 g/mol. The van der Waals surface area contributed by atoms with E-state index in [4.69, 9.17) is 5.73 Å². The number of carbonyl (C=O) groups is 1. The summed E-state index contributed by atoms with van der Waals surface area (Å²) >= 11 is 0. The fraction of sp³-hybridized carbons (Fsp3) is 0.226. The number of halogens is 1. The molecule has 0 atom stereocenters. The van der Waals surface area contributed by atoms with Crippen LogP contribution in [0.5, 0.6) is 0 Å². The van der Waals surface area contributed by atoms with E-state index in [2.05, 4.69) is 38.0 Å². The maximum absolute atomic E-state index is 14.1. The standard InChI is InChI=1S/C31H30FN7O2/c1-37-15-12-23(13-16-37)39-18-25(27-28(33)34-19-35-29(27)39)20-8-10-22(11-9-20)36-30(40)24-6-4-14-38(31(24)41)17-21-5-2-3-7-26(21)32/h2-11,14,18-19,23H,12-13,15-17H2,1H3,(H,36,40)(H2,33,34,35). The summed E-state index contributed by atoms with van der Waals surface area (Å²) < 4.78 is 17.7. The van der Waals surface area contributed by atoms with Crippen molar-refractivity contribution >= 4 is 28.4 Å². The molecule has 0 spiro atoms. The van der Waals surface area contributed by atoms with Crippen LogP contribution in [0.15, 0.2) is 84.2 Å². The zero-order chi connectivity index (χ0) is 28.5. The number of aromatic nitrogens is 4. The number of nitrogen functional groups attached to an aromatic ring is 1. The first kappa shape index (κ1) is 26.4. The summed E-state index contributed by atoms with van der Waals surface area (Å²) in [6, 6.07) is 17.0. The summed E-state index contributed by atoms with van der Waals surface area (Å²) in [5.74, 6) is -0.524. The topological polar surface area (TPSA) is 111 Å². The lowest BCUT2D eigenvalue weighted by Crippen LogP contribution is -2.31. The Bertz CT molecular complexity index is 1790. The first-order valence-corrected chi connectivity index (χ1v) is 13.5. The van der Waals surface area contributed by atoms with Gasteiger partial charge in [-0.05, 0) is 68.9 Å². The van der Waals surface area contributed by atoms with E-state index in [9.17, 15) is 14.0 Å². The van der Waals surface area contributed by atoms with E-state index in [1.165, 1.54) is 29.2 Å². The molecule has 0 aliphatic carbocycles. The molecule has 1 saturated heterocycles. The number of pyridine rings is 1. The van der Waals surface area contributed by atoms with Crippen molar-refractivity contribution in [3.05, 3.63) is 107 Å². The molecular formula is C31H30FN7O2. The van der Waals surface area contributed by atoms with Gasteiger partial charge in [0.2, 0.25) is 0 Å². The lowest BCUT2D eigenvalue weighted by Gasteiger charge is -2.30. The van der Waals surface area contributed by atoms with Crippen LogP contribution in [0.3, 0.4) is 0 Å². The van der Waals surface area contributed by atoms with Gasteiger partial charge in [0.1, 0.15) is 29.2 Å². The van der Waals surface area contributed by atoms with Gasteiger partial charge in [0, 0.05) is 35.2 Å². The number of fused-ring (bicyclic) bond motifs is 1. The smallest absolute Gasteiger partial charge is 0.263 e. The normalized spacial score (nSPS) is 14.4. The highest BCUT2D eigenvalue weighted by atomic mass is 19.1. The molecule has 208 valence electrons. The van der Waals surface area contributed by atoms with Gasteiger partial charge in [0.25, 0.3) is 11.5 Å². The highest BCUT2D eigenvalue weighted by Crippen LogP contribution is 2.36. The second kappa shape index (κ2) is 11.0. The molecule has 10 heteroatoms. The molecule has 1 fully saturated rings. The number of amides is 1. The fourth-order valence-electron chi connectivity index (χ4n) is 5.45. The molecule has 3 N–H and O–H groups in total. The SMILES string of the molecule is CN1CCC(n2cc(-c3ccc(NC(=O)c4cccn(Cc5ccccc5F)c4=O)cc3)c3c(N)ncnc32)CC1. The van der Waals surface area contributed by atoms with Crippen LogP contribution in [-0.4, -0.2) is 50.0 Å². The van der Waals surface area contributed by atoms with Crippen LogP contribution in [-0.2, 0) is 6.54 Å². The average molecular weight is 552 g/mol. The van der Waals surface area contributed by atoms with Crippen molar-refractivity contribution in [2.75, 3.05) is 31.2 Å². The van der Waals surface area contributed by atoms with Gasteiger partial charge in [-0.2, -0.15) is 0 Å². The fourth-order valence-corrected chi connectivity index (χ4v) is 5.45. The quantitative estimate of drug-likeness (QED) is 0.320. The molecule has 0 bridgehead atoms. The Hall–Kier alpha value is -4.83. The van der Waals surface area contributed by atoms with Crippen molar-refractivity contribution in [1.82, 2.24) is 24.0 Å². The van der Waals surface area contributed by atoms with Crippen LogP contribution < -0.4 is 16.6 Å². The van der Waals surface area contributed by atoms with Crippen LogP contribution in [0.1, 0.15) is 34.8 Å². The Kier molecular flexibility index (Phi) is 7.07. The monoisotopic (exact) mass is 551 g/mol. The van der Waals surface area contributed by atoms with E-state index in [1.54, 1.807) is 36.4 Å². The second-order valence-corrected chi connectivity index (χ2v) is 10.4. The van der Waals surface area contributed by atoms with E-state index in [-0.39, 0.29) is 12.1 Å². The van der Waals surface area contributed by atoms with Gasteiger partial charge >= 0.3 is 0 Å². The van der Waals surface area contributed by atoms with Gasteiger partial charge in [0.05, 0.1) is 11.9 Å². The predicted molar refractivity (Wildman–Crippen MR) is 157 cm³/mol. The number of nitrogens with one attached hydrogen (secondary N) is 1. The molecule has 0 radical (unpaired) electrons. The summed E-state index contributed by atoms with van der Waals surface area (Å²) in [7, 11) is 2.13. The zero-order valence-corrected chi connectivity index (χ0v) is 22.6. The Balaban J connectivity index is 1.24. The van der Waals surface area contributed by atoms with Gasteiger partial charge in [-0.1, -0.05) is 30.3 Å². The molecule has 41 heavy (non-hydrogen) atoms. The third kappa shape index (κ3) is 5.21. The van der Waals surface area contributed by atoms with Gasteiger partial charge in [0.15, 0.2) is 0 Å². The number of hydrogen-bond acceptors (Lipinski definition) is 6. The molecule has 9 nitrogen and oxygen atoms in total. The second-order valence-electron chi connectivity index (χ2n) is 10.4. The van der Waals surface area contributed by atoms with E-state index in [0.29, 0.717) is 23.1 Å². The van der Waals surface area contributed by atoms with E-state index < -0.39 is 17.3 Å². The minimum absolute atomic E-state index is 0.0271. The van der Waals surface area contributed by atoms with E-state index in [1.807, 2.05) is 12.1 Å². The number of hydrogen-bond donors (Lipinski definition) is 2. The summed E-state index contributed by atoms with van der Waals surface area (Å²) in [6.07, 6.45) is 7.19. The predicted octanol–water partition coefficient (Wildman–Crippen LogP) is 4.55. The van der Waals surface area contributed by atoms with Gasteiger partial charge in [-0.25, -0.2) is 14.4 Å². The van der Waals surface area contributed by atoms with E-state index in [0.717, 1.165) is 48.1 Å². The molecule has 6 rings (SSSR count). The van der Waals surface area contributed by atoms with Crippen molar-refractivity contribution in [1.29, 1.82) is 0 Å². The molecule has 1 aliphatic rings. The number of anilines is 2. The zero-order valence-electron chi connectivity index (χ0n) is 22.6. The minimum atomic E-state index is -0.540. The summed E-state index contributed by atoms with van der Waals surface area (Å²) in [6.45, 7) is 2.06. The molecule has 0 saturated carbocycles. The van der Waals surface area contributed by atoms with Crippen LogP contribution in [0.4, 0.5) is 15.9 Å². The maximum Gasteiger partial charge on any atom is 0.263 e. The summed E-state index contributed by atoms with van der Waals surface area (Å²) in [5, 5.41) is 3.61. The van der Waals surface area contributed by atoms with Crippen LogP contribution >= 0.6 is 0 Å². The Morgan fingerprint density at radius 1 is 1.05 bits per heavy atom. The third-order valence-corrected chi connectivity index (χ3v) is 7.74. The number of nitrogens with zero attached hydrogens (tertiary/aromatic N) is 5. The van der Waals surface area contributed by atoms with Crippen molar-refractivity contribution in [3.8, 4) is 11.1 Å². The van der Waals surface area contributed by atoms with Gasteiger partial charge in [-0.3, -0.25) is 9.59 Å². The highest BCUT2D eigenvalue weighted by molar-refractivity contribution is 6.04. The van der Waals surface area contributed by atoms with E-state index >= 15 is 0 Å². The van der Waals surface area contributed by atoms with Gasteiger partial charge < -0.3 is 25.1 Å². The third-order valence-electron chi connectivity index (χ3n) is 7.74. The number of piperidine rings is 1. The molecule has 4 heterocycles. The number of rotatable bonds is 6. The molecule has 1 amide bonds. The van der Waals surface area contributed by atoms with Crippen LogP contribution in [0.2, 0.25) is 0 Å². The number of nitrogens with two attached hydrogens (primary N) is 1. The van der Waals surface area contributed by atoms with Crippen molar-refractivity contribution in [2.24, 2.45) is 0 Å². The lowest BCUT2D eigenvalue weighted by atomic mass is 10.1. The Morgan fingerprint density at radius 2 is 1.80 bits per heavy atom.